The van der Waals surface area contributed by atoms with Gasteiger partial charge < -0.3 is 20.5 Å². The van der Waals surface area contributed by atoms with E-state index in [1.165, 1.54) is 19.2 Å². The lowest BCUT2D eigenvalue weighted by atomic mass is 10.0. The van der Waals surface area contributed by atoms with Gasteiger partial charge in [0.1, 0.15) is 6.04 Å². The Labute approximate surface area is 170 Å². The number of carbonyl (C=O) groups excluding carboxylic acids is 2. The maximum atomic E-state index is 12.8. The number of nitrogens with one attached hydrogen (secondary N) is 2. The first-order chi connectivity index (χ1) is 13.7. The zero-order valence-corrected chi connectivity index (χ0v) is 17.0. The van der Waals surface area contributed by atoms with Crippen molar-refractivity contribution >= 4 is 23.5 Å². The highest BCUT2D eigenvalue weighted by Crippen LogP contribution is 2.18. The third-order valence-corrected chi connectivity index (χ3v) is 4.33. The average molecular weight is 398 g/mol. The highest BCUT2D eigenvalue weighted by Gasteiger charge is 2.25. The Balaban J connectivity index is 2.21. The van der Waals surface area contributed by atoms with Crippen molar-refractivity contribution in [3.63, 3.8) is 0 Å². The van der Waals surface area contributed by atoms with Crippen LogP contribution in [0.5, 0.6) is 0 Å². The Bertz CT molecular complexity index is 908. The van der Waals surface area contributed by atoms with Crippen LogP contribution in [0.15, 0.2) is 42.5 Å². The molecule has 7 heteroatoms. The van der Waals surface area contributed by atoms with Gasteiger partial charge in [-0.25, -0.2) is 4.79 Å². The number of carbonyl (C=O) groups is 3. The van der Waals surface area contributed by atoms with Crippen molar-refractivity contribution in [1.82, 2.24) is 5.32 Å². The van der Waals surface area contributed by atoms with E-state index in [2.05, 4.69) is 10.6 Å². The fourth-order valence-corrected chi connectivity index (χ4v) is 2.90. The number of aromatic carboxylic acids is 1. The highest BCUT2D eigenvalue weighted by atomic mass is 16.5. The van der Waals surface area contributed by atoms with Gasteiger partial charge in [0, 0.05) is 18.4 Å². The fourth-order valence-electron chi connectivity index (χ4n) is 2.90. The molecule has 1 atom stereocenters. The first-order valence-corrected chi connectivity index (χ1v) is 9.26. The van der Waals surface area contributed by atoms with Gasteiger partial charge in [0.25, 0.3) is 5.91 Å². The monoisotopic (exact) mass is 398 g/mol. The van der Waals surface area contributed by atoms with E-state index in [0.29, 0.717) is 16.8 Å². The van der Waals surface area contributed by atoms with E-state index in [4.69, 9.17) is 4.74 Å². The second-order valence-electron chi connectivity index (χ2n) is 7.21. The van der Waals surface area contributed by atoms with Gasteiger partial charge in [-0.05, 0) is 48.7 Å². The summed E-state index contributed by atoms with van der Waals surface area (Å²) in [6.07, 6.45) is 0. The van der Waals surface area contributed by atoms with E-state index in [1.807, 2.05) is 26.8 Å². The lowest BCUT2D eigenvalue weighted by Gasteiger charge is -2.22. The topological polar surface area (TPSA) is 105 Å². The molecule has 2 rings (SSSR count). The van der Waals surface area contributed by atoms with Gasteiger partial charge in [0.2, 0.25) is 5.91 Å². The molecular formula is C22H26N2O5. The number of benzene rings is 2. The number of methoxy groups -OCH3 is 1. The normalized spacial score (nSPS) is 11.8. The molecule has 154 valence electrons. The van der Waals surface area contributed by atoms with Crippen molar-refractivity contribution in [2.45, 2.75) is 33.4 Å². The Morgan fingerprint density at radius 1 is 1.07 bits per heavy atom. The van der Waals surface area contributed by atoms with E-state index in [-0.39, 0.29) is 24.0 Å². The third-order valence-electron chi connectivity index (χ3n) is 4.33. The maximum Gasteiger partial charge on any atom is 0.335 e. The molecule has 0 aliphatic rings. The van der Waals surface area contributed by atoms with Crippen LogP contribution in [0, 0.1) is 12.8 Å². The maximum absolute atomic E-state index is 12.8. The summed E-state index contributed by atoms with van der Waals surface area (Å²) in [7, 11) is 1.50. The summed E-state index contributed by atoms with van der Waals surface area (Å²) in [5, 5.41) is 14.8. The Hall–Kier alpha value is -3.19. The number of hydrogen-bond acceptors (Lipinski definition) is 4. The van der Waals surface area contributed by atoms with Crippen LogP contribution in [0.2, 0.25) is 0 Å². The van der Waals surface area contributed by atoms with Crippen molar-refractivity contribution in [2.75, 3.05) is 12.4 Å². The van der Waals surface area contributed by atoms with Crippen molar-refractivity contribution in [1.29, 1.82) is 0 Å². The summed E-state index contributed by atoms with van der Waals surface area (Å²) < 4.78 is 5.06. The minimum atomic E-state index is -1.10. The van der Waals surface area contributed by atoms with E-state index in [9.17, 15) is 19.5 Å². The molecule has 0 saturated heterocycles. The summed E-state index contributed by atoms with van der Waals surface area (Å²) >= 11 is 0. The minimum Gasteiger partial charge on any atom is -0.478 e. The SMILES string of the molecule is COCc1cc(NC(=O)C(NC(=O)c2cccc(C)c2)C(C)C)cc(C(=O)O)c1. The van der Waals surface area contributed by atoms with Crippen molar-refractivity contribution in [2.24, 2.45) is 5.92 Å². The molecule has 0 spiro atoms. The average Bonchev–Trinajstić information content (AvgIpc) is 2.65. The van der Waals surface area contributed by atoms with Gasteiger partial charge in [-0.1, -0.05) is 31.5 Å². The zero-order valence-electron chi connectivity index (χ0n) is 17.0. The molecule has 2 amide bonds. The quantitative estimate of drug-likeness (QED) is 0.633. The van der Waals surface area contributed by atoms with Crippen molar-refractivity contribution in [3.05, 3.63) is 64.7 Å². The molecule has 0 aromatic heterocycles. The zero-order chi connectivity index (χ0) is 21.6. The second-order valence-corrected chi connectivity index (χ2v) is 7.21. The Morgan fingerprint density at radius 3 is 2.38 bits per heavy atom. The smallest absolute Gasteiger partial charge is 0.335 e. The third kappa shape index (κ3) is 6.15. The highest BCUT2D eigenvalue weighted by molar-refractivity contribution is 6.02. The molecular weight excluding hydrogens is 372 g/mol. The standard InChI is InChI=1S/C22H26N2O5/c1-13(2)19(24-20(25)16-7-5-6-14(3)8-16)21(26)23-18-10-15(12-29-4)9-17(11-18)22(27)28/h5-11,13,19H,12H2,1-4H3,(H,23,26)(H,24,25)(H,27,28). The van der Waals surface area contributed by atoms with Gasteiger partial charge in [0.05, 0.1) is 12.2 Å². The summed E-state index contributed by atoms with van der Waals surface area (Å²) in [6.45, 7) is 5.74. The van der Waals surface area contributed by atoms with Crippen LogP contribution in [-0.2, 0) is 16.1 Å². The fraction of sp³-hybridized carbons (Fsp3) is 0.318. The van der Waals surface area contributed by atoms with Gasteiger partial charge in [-0.2, -0.15) is 0 Å². The predicted molar refractivity (Wildman–Crippen MR) is 110 cm³/mol. The van der Waals surface area contributed by atoms with E-state index in [1.54, 1.807) is 24.3 Å². The van der Waals surface area contributed by atoms with Gasteiger partial charge in [-0.15, -0.1) is 0 Å². The number of carboxylic acids is 1. The van der Waals surface area contributed by atoms with Gasteiger partial charge in [0.15, 0.2) is 0 Å². The van der Waals surface area contributed by atoms with E-state index >= 15 is 0 Å². The molecule has 0 radical (unpaired) electrons. The number of rotatable bonds is 8. The van der Waals surface area contributed by atoms with Crippen molar-refractivity contribution < 1.29 is 24.2 Å². The summed E-state index contributed by atoms with van der Waals surface area (Å²) in [5.74, 6) is -2.05. The minimum absolute atomic E-state index is 0.0414. The molecule has 0 aliphatic carbocycles. The summed E-state index contributed by atoms with van der Waals surface area (Å²) in [4.78, 5) is 36.8. The first kappa shape index (κ1) is 22.1. The summed E-state index contributed by atoms with van der Waals surface area (Å²) in [6, 6.07) is 10.8. The van der Waals surface area contributed by atoms with E-state index in [0.717, 1.165) is 5.56 Å². The molecule has 2 aromatic carbocycles. The number of amides is 2. The van der Waals surface area contributed by atoms with E-state index < -0.39 is 17.9 Å². The molecule has 0 heterocycles. The Kier molecular flexibility index (Phi) is 7.50. The first-order valence-electron chi connectivity index (χ1n) is 9.26. The number of hydrogen-bond donors (Lipinski definition) is 3. The van der Waals surface area contributed by atoms with Crippen molar-refractivity contribution in [3.8, 4) is 0 Å². The molecule has 2 aromatic rings. The molecule has 7 nitrogen and oxygen atoms in total. The molecule has 1 unspecified atom stereocenters. The lowest BCUT2D eigenvalue weighted by Crippen LogP contribution is -2.47. The largest absolute Gasteiger partial charge is 0.478 e. The van der Waals surface area contributed by atoms with Crippen LogP contribution in [0.25, 0.3) is 0 Å². The van der Waals surface area contributed by atoms with Crippen LogP contribution in [-0.4, -0.2) is 36.0 Å². The molecule has 3 N–H and O–H groups in total. The number of aryl methyl sites for hydroxylation is 1. The number of ether oxygens (including phenoxy) is 1. The number of carboxylic acid groups (broad SMARTS) is 1. The van der Waals surface area contributed by atoms with Gasteiger partial charge in [-0.3, -0.25) is 9.59 Å². The lowest BCUT2D eigenvalue weighted by molar-refractivity contribution is -0.118. The molecule has 0 bridgehead atoms. The Morgan fingerprint density at radius 2 is 1.79 bits per heavy atom. The molecule has 0 saturated carbocycles. The van der Waals surface area contributed by atoms with Crippen LogP contribution >= 0.6 is 0 Å². The van der Waals surface area contributed by atoms with Crippen LogP contribution in [0.4, 0.5) is 5.69 Å². The predicted octanol–water partition coefficient (Wildman–Crippen LogP) is 3.23. The van der Waals surface area contributed by atoms with Crippen LogP contribution in [0.3, 0.4) is 0 Å². The molecule has 0 aliphatic heterocycles. The molecule has 0 fully saturated rings. The van der Waals surface area contributed by atoms with Crippen LogP contribution in [0.1, 0.15) is 45.7 Å². The van der Waals surface area contributed by atoms with Crippen LogP contribution < -0.4 is 10.6 Å². The molecule has 29 heavy (non-hydrogen) atoms. The summed E-state index contributed by atoms with van der Waals surface area (Å²) in [5.41, 5.74) is 2.41. The number of anilines is 1. The second kappa shape index (κ2) is 9.84. The van der Waals surface area contributed by atoms with Gasteiger partial charge >= 0.3 is 5.97 Å².